The summed E-state index contributed by atoms with van der Waals surface area (Å²) in [5.41, 5.74) is 5.39. The van der Waals surface area contributed by atoms with Crippen LogP contribution in [-0.4, -0.2) is 39.5 Å². The summed E-state index contributed by atoms with van der Waals surface area (Å²) in [6, 6.07) is 21.3. The zero-order valence-corrected chi connectivity index (χ0v) is 23.2. The highest BCUT2D eigenvalue weighted by atomic mass is 32.2. The van der Waals surface area contributed by atoms with Crippen LogP contribution in [-0.2, 0) is 34.7 Å². The monoisotopic (exact) mass is 588 g/mol. The molecule has 1 unspecified atom stereocenters. The van der Waals surface area contributed by atoms with Crippen molar-refractivity contribution in [3.8, 4) is 6.07 Å². The van der Waals surface area contributed by atoms with Crippen molar-refractivity contribution in [3.05, 3.63) is 123 Å². The molecule has 0 radical (unpaired) electrons. The van der Waals surface area contributed by atoms with Gasteiger partial charge in [0.25, 0.3) is 5.69 Å². The van der Waals surface area contributed by atoms with Crippen molar-refractivity contribution in [1.82, 2.24) is 0 Å². The molecule has 3 aromatic carbocycles. The van der Waals surface area contributed by atoms with Gasteiger partial charge in [-0.2, -0.15) is 5.26 Å². The van der Waals surface area contributed by atoms with Gasteiger partial charge in [0, 0.05) is 12.1 Å². The maximum Gasteiger partial charge on any atom is 0.355 e. The highest BCUT2D eigenvalue weighted by molar-refractivity contribution is 7.90. The van der Waals surface area contributed by atoms with E-state index in [4.69, 9.17) is 15.2 Å². The van der Waals surface area contributed by atoms with Gasteiger partial charge in [-0.1, -0.05) is 60.7 Å². The summed E-state index contributed by atoms with van der Waals surface area (Å²) in [6.45, 7) is 0. The third kappa shape index (κ3) is 5.56. The van der Waals surface area contributed by atoms with Crippen LogP contribution >= 0.6 is 0 Å². The van der Waals surface area contributed by atoms with Crippen molar-refractivity contribution in [2.45, 2.75) is 16.6 Å². The van der Waals surface area contributed by atoms with Crippen molar-refractivity contribution in [1.29, 1.82) is 5.26 Å². The van der Waals surface area contributed by atoms with Crippen molar-refractivity contribution >= 4 is 33.2 Å². The van der Waals surface area contributed by atoms with Crippen LogP contribution in [0.2, 0.25) is 0 Å². The zero-order chi connectivity index (χ0) is 30.6. The van der Waals surface area contributed by atoms with E-state index in [0.717, 1.165) is 37.3 Å². The Labute approximate surface area is 240 Å². The lowest BCUT2D eigenvalue weighted by Gasteiger charge is -2.35. The number of non-ortho nitro benzene ring substituents is 1. The van der Waals surface area contributed by atoms with Gasteiger partial charge < -0.3 is 15.2 Å². The van der Waals surface area contributed by atoms with Gasteiger partial charge in [0.1, 0.15) is 11.5 Å². The molecule has 1 heterocycles. The number of carbonyl (C=O) groups is 2. The normalized spacial score (nSPS) is 15.2. The minimum Gasteiger partial charge on any atom is -0.466 e. The third-order valence-electron chi connectivity index (χ3n) is 6.51. The molecule has 1 atom stereocenters. The summed E-state index contributed by atoms with van der Waals surface area (Å²) in [5, 5.41) is 22.1. The predicted octanol–water partition coefficient (Wildman–Crippen LogP) is 3.47. The van der Waals surface area contributed by atoms with Gasteiger partial charge in [0.15, 0.2) is 9.84 Å². The Morgan fingerprint density at radius 3 is 2.14 bits per heavy atom. The van der Waals surface area contributed by atoms with Gasteiger partial charge in [0.2, 0.25) is 0 Å². The minimum atomic E-state index is -4.18. The molecule has 12 nitrogen and oxygen atoms in total. The maximum absolute atomic E-state index is 13.4. The second kappa shape index (κ2) is 11.9. The lowest BCUT2D eigenvalue weighted by Crippen LogP contribution is -2.40. The lowest BCUT2D eigenvalue weighted by molar-refractivity contribution is -0.385. The first-order valence-corrected chi connectivity index (χ1v) is 13.9. The Bertz CT molecular complexity index is 1780. The molecule has 2 N–H and O–H groups in total. The number of hydrogen-bond acceptors (Lipinski definition) is 11. The quantitative estimate of drug-likeness (QED) is 0.231. The summed E-state index contributed by atoms with van der Waals surface area (Å²) in [4.78, 5) is 38.1. The Hall–Kier alpha value is -5.48. The number of methoxy groups -OCH3 is 2. The number of sulfone groups is 1. The predicted molar refractivity (Wildman–Crippen MR) is 150 cm³/mol. The number of anilines is 1. The molecule has 0 spiro atoms. The molecule has 13 heteroatoms. The molecule has 0 aromatic heterocycles. The molecular weight excluding hydrogens is 564 g/mol. The maximum atomic E-state index is 13.4. The fourth-order valence-electron chi connectivity index (χ4n) is 4.64. The summed E-state index contributed by atoms with van der Waals surface area (Å²) < 4.78 is 36.8. The zero-order valence-electron chi connectivity index (χ0n) is 22.4. The number of nitriles is 1. The van der Waals surface area contributed by atoms with Crippen LogP contribution in [0.3, 0.4) is 0 Å². The second-order valence-electron chi connectivity index (χ2n) is 9.02. The summed E-state index contributed by atoms with van der Waals surface area (Å²) >= 11 is 0. The van der Waals surface area contributed by atoms with Crippen molar-refractivity contribution < 1.29 is 32.4 Å². The first-order valence-electron chi connectivity index (χ1n) is 12.3. The Kier molecular flexibility index (Phi) is 8.39. The largest absolute Gasteiger partial charge is 0.466 e. The van der Waals surface area contributed by atoms with Crippen molar-refractivity contribution in [2.24, 2.45) is 5.73 Å². The molecule has 0 amide bonds. The number of carbonyl (C=O) groups excluding carboxylic acids is 2. The number of nitro groups is 1. The summed E-state index contributed by atoms with van der Waals surface area (Å²) in [5.74, 6) is -4.11. The summed E-state index contributed by atoms with van der Waals surface area (Å²) in [6.07, 6.45) is 0. The molecule has 42 heavy (non-hydrogen) atoms. The number of benzene rings is 3. The number of hydrogen-bond donors (Lipinski definition) is 1. The number of nitro benzene ring substituents is 1. The first kappa shape index (κ1) is 29.5. The van der Waals surface area contributed by atoms with E-state index in [2.05, 4.69) is 0 Å². The van der Waals surface area contributed by atoms with Gasteiger partial charge in [-0.05, 0) is 17.2 Å². The van der Waals surface area contributed by atoms with Crippen LogP contribution in [0.5, 0.6) is 0 Å². The van der Waals surface area contributed by atoms with Crippen LogP contribution in [0.15, 0.2) is 106 Å². The summed E-state index contributed by atoms with van der Waals surface area (Å²) in [7, 11) is -2.06. The van der Waals surface area contributed by atoms with Gasteiger partial charge >= 0.3 is 11.9 Å². The molecule has 0 bridgehead atoms. The molecule has 0 aliphatic carbocycles. The highest BCUT2D eigenvalue weighted by Gasteiger charge is 2.43. The number of allylic oxidation sites excluding steroid dienone is 1. The Morgan fingerprint density at radius 1 is 1.00 bits per heavy atom. The Morgan fingerprint density at radius 2 is 1.60 bits per heavy atom. The topological polar surface area (TPSA) is 183 Å². The van der Waals surface area contributed by atoms with Crippen LogP contribution in [0, 0.1) is 21.4 Å². The molecule has 4 rings (SSSR count). The average molecular weight is 589 g/mol. The minimum absolute atomic E-state index is 0.186. The molecule has 214 valence electrons. The van der Waals surface area contributed by atoms with Crippen LogP contribution in [0.4, 0.5) is 11.4 Å². The smallest absolute Gasteiger partial charge is 0.355 e. The van der Waals surface area contributed by atoms with Crippen LogP contribution in [0.25, 0.3) is 0 Å². The molecule has 0 saturated carbocycles. The highest BCUT2D eigenvalue weighted by Crippen LogP contribution is 2.44. The van der Waals surface area contributed by atoms with E-state index in [1.165, 1.54) is 0 Å². The number of esters is 2. The molecule has 1 aliphatic heterocycles. The van der Waals surface area contributed by atoms with Crippen LogP contribution in [0.1, 0.15) is 17.0 Å². The van der Waals surface area contributed by atoms with E-state index >= 15 is 0 Å². The standard InChI is InChI=1S/C29H24N4O8S/c1-40-28(34)25-24(19-11-7-4-8-12-19)23(16-30)27(31)32(26(25)29(35)41-2)20-13-21(33(36)37)15-22(14-20)42(38,39)17-18-9-5-3-6-10-18/h3-15,24H,17,31H2,1-2H3. The molecule has 0 saturated heterocycles. The molecule has 0 fully saturated rings. The molecule has 1 aliphatic rings. The van der Waals surface area contributed by atoms with Crippen molar-refractivity contribution in [3.63, 3.8) is 0 Å². The SMILES string of the molecule is COC(=O)C1=C(C(=O)OC)N(c2cc([N+](=O)[O-])cc(S(=O)(=O)Cc3ccccc3)c2)C(N)=C(C#N)C1c1ccccc1. The van der Waals surface area contributed by atoms with E-state index < -0.39 is 54.6 Å². The number of nitrogens with zero attached hydrogens (tertiary/aromatic N) is 3. The third-order valence-corrected chi connectivity index (χ3v) is 8.18. The van der Waals surface area contributed by atoms with Gasteiger partial charge in [0.05, 0.1) is 58.6 Å². The number of ether oxygens (including phenoxy) is 2. The second-order valence-corrected chi connectivity index (χ2v) is 11.0. The van der Waals surface area contributed by atoms with E-state index in [9.17, 15) is 33.4 Å². The van der Waals surface area contributed by atoms with Gasteiger partial charge in [-0.3, -0.25) is 15.0 Å². The first-order chi connectivity index (χ1) is 20.0. The number of nitrogens with two attached hydrogens (primary N) is 1. The van der Waals surface area contributed by atoms with E-state index in [1.807, 2.05) is 6.07 Å². The van der Waals surface area contributed by atoms with E-state index in [1.54, 1.807) is 60.7 Å². The van der Waals surface area contributed by atoms with E-state index in [0.29, 0.717) is 11.1 Å². The molecule has 3 aromatic rings. The van der Waals surface area contributed by atoms with Crippen LogP contribution < -0.4 is 10.6 Å². The fourth-order valence-corrected chi connectivity index (χ4v) is 6.04. The van der Waals surface area contributed by atoms with Crippen molar-refractivity contribution in [2.75, 3.05) is 19.1 Å². The van der Waals surface area contributed by atoms with E-state index in [-0.39, 0.29) is 22.7 Å². The number of rotatable bonds is 8. The molecular formula is C29H24N4O8S. The Balaban J connectivity index is 2.04. The average Bonchev–Trinajstić information content (AvgIpc) is 3.00. The van der Waals surface area contributed by atoms with Gasteiger partial charge in [-0.25, -0.2) is 18.0 Å². The lowest BCUT2D eigenvalue weighted by atomic mass is 9.81. The van der Waals surface area contributed by atoms with Gasteiger partial charge in [-0.15, -0.1) is 0 Å². The fraction of sp³-hybridized carbons (Fsp3) is 0.138.